The van der Waals surface area contributed by atoms with E-state index in [4.69, 9.17) is 0 Å². The summed E-state index contributed by atoms with van der Waals surface area (Å²) in [5.41, 5.74) is 1.05. The number of nitrogens with zero attached hydrogens (tertiary/aromatic N) is 1. The first-order valence-corrected chi connectivity index (χ1v) is 3.97. The molecule has 0 aliphatic rings. The second-order valence-corrected chi connectivity index (χ2v) is 2.94. The Bertz CT molecular complexity index is 466. The highest BCUT2D eigenvalue weighted by Gasteiger charge is 2.04. The fourth-order valence-corrected chi connectivity index (χ4v) is 1.26. The van der Waals surface area contributed by atoms with Gasteiger partial charge in [-0.15, -0.1) is 0 Å². The second kappa shape index (κ2) is 2.62. The van der Waals surface area contributed by atoms with Gasteiger partial charge in [-0.05, 0) is 19.1 Å². The maximum absolute atomic E-state index is 9.44. The van der Waals surface area contributed by atoms with Crippen LogP contribution in [0.3, 0.4) is 0 Å². The van der Waals surface area contributed by atoms with Crippen LogP contribution >= 0.6 is 0 Å². The smallest absolute Gasteiger partial charge is 0.141 e. The highest BCUT2D eigenvalue weighted by molar-refractivity contribution is 5.85. The SMILES string of the molecule is Cc1nc2c(O)cccc2cc1O. The molecule has 0 fully saturated rings. The summed E-state index contributed by atoms with van der Waals surface area (Å²) in [6, 6.07) is 6.68. The molecular formula is C10H9NO2. The van der Waals surface area contributed by atoms with Crippen molar-refractivity contribution in [3.63, 3.8) is 0 Å². The normalized spacial score (nSPS) is 10.5. The van der Waals surface area contributed by atoms with Gasteiger partial charge in [0.2, 0.25) is 0 Å². The first-order chi connectivity index (χ1) is 6.18. The van der Waals surface area contributed by atoms with Gasteiger partial charge >= 0.3 is 0 Å². The molecule has 0 aliphatic heterocycles. The maximum Gasteiger partial charge on any atom is 0.141 e. The van der Waals surface area contributed by atoms with Crippen LogP contribution in [0, 0.1) is 6.92 Å². The van der Waals surface area contributed by atoms with Gasteiger partial charge in [-0.3, -0.25) is 0 Å². The Labute approximate surface area is 75.3 Å². The molecule has 2 aromatic rings. The van der Waals surface area contributed by atoms with Gasteiger partial charge in [-0.1, -0.05) is 12.1 Å². The van der Waals surface area contributed by atoms with Gasteiger partial charge in [0.05, 0.1) is 5.69 Å². The van der Waals surface area contributed by atoms with E-state index in [-0.39, 0.29) is 11.5 Å². The van der Waals surface area contributed by atoms with Gasteiger partial charge in [-0.2, -0.15) is 0 Å². The topological polar surface area (TPSA) is 53.4 Å². The van der Waals surface area contributed by atoms with Crippen LogP contribution in [0.1, 0.15) is 5.69 Å². The Morgan fingerprint density at radius 3 is 2.69 bits per heavy atom. The Morgan fingerprint density at radius 1 is 1.15 bits per heavy atom. The molecule has 2 rings (SSSR count). The lowest BCUT2D eigenvalue weighted by Gasteiger charge is -2.02. The molecule has 13 heavy (non-hydrogen) atoms. The number of aromatic nitrogens is 1. The van der Waals surface area contributed by atoms with Crippen molar-refractivity contribution in [1.29, 1.82) is 0 Å². The number of para-hydroxylation sites is 1. The average molecular weight is 175 g/mol. The summed E-state index contributed by atoms with van der Waals surface area (Å²) in [5, 5.41) is 19.5. The molecule has 0 spiro atoms. The monoisotopic (exact) mass is 175 g/mol. The minimum absolute atomic E-state index is 0.139. The molecule has 2 N–H and O–H groups in total. The molecule has 1 aromatic heterocycles. The highest BCUT2D eigenvalue weighted by Crippen LogP contribution is 2.26. The van der Waals surface area contributed by atoms with Gasteiger partial charge in [0.1, 0.15) is 17.0 Å². The van der Waals surface area contributed by atoms with Crippen molar-refractivity contribution in [3.8, 4) is 11.5 Å². The largest absolute Gasteiger partial charge is 0.506 e. The number of hydrogen-bond acceptors (Lipinski definition) is 3. The van der Waals surface area contributed by atoms with Crippen molar-refractivity contribution in [3.05, 3.63) is 30.0 Å². The van der Waals surface area contributed by atoms with Gasteiger partial charge in [-0.25, -0.2) is 4.98 Å². The van der Waals surface area contributed by atoms with E-state index in [1.165, 1.54) is 0 Å². The number of aromatic hydroxyl groups is 2. The van der Waals surface area contributed by atoms with E-state index in [1.807, 2.05) is 0 Å². The van der Waals surface area contributed by atoms with Crippen LogP contribution < -0.4 is 0 Å². The summed E-state index contributed by atoms with van der Waals surface area (Å²) in [7, 11) is 0. The molecule has 3 heteroatoms. The molecule has 0 bridgehead atoms. The number of phenolic OH excluding ortho intramolecular Hbond substituents is 1. The van der Waals surface area contributed by atoms with Crippen LogP contribution in [0.5, 0.6) is 11.5 Å². The summed E-state index contributed by atoms with van der Waals surface area (Å²) in [4.78, 5) is 4.07. The summed E-state index contributed by atoms with van der Waals surface area (Å²) in [6.45, 7) is 1.70. The molecule has 66 valence electrons. The standard InChI is InChI=1S/C10H9NO2/c1-6-9(13)5-7-3-2-4-8(12)10(7)11-6/h2-5,12-13H,1H3. The van der Waals surface area contributed by atoms with Crippen LogP contribution in [-0.4, -0.2) is 15.2 Å². The van der Waals surface area contributed by atoms with Crippen LogP contribution in [-0.2, 0) is 0 Å². The third-order valence-corrected chi connectivity index (χ3v) is 1.99. The first kappa shape index (κ1) is 7.86. The summed E-state index contributed by atoms with van der Waals surface area (Å²) < 4.78 is 0. The molecule has 1 heterocycles. The van der Waals surface area contributed by atoms with Crippen molar-refractivity contribution >= 4 is 10.9 Å². The Hall–Kier alpha value is -1.77. The van der Waals surface area contributed by atoms with Crippen molar-refractivity contribution in [2.75, 3.05) is 0 Å². The zero-order chi connectivity index (χ0) is 9.42. The molecule has 0 unspecified atom stereocenters. The minimum atomic E-state index is 0.139. The molecule has 1 aromatic carbocycles. The van der Waals surface area contributed by atoms with Gasteiger partial charge in [0.25, 0.3) is 0 Å². The predicted octanol–water partition coefficient (Wildman–Crippen LogP) is 1.95. The third-order valence-electron chi connectivity index (χ3n) is 1.99. The lowest BCUT2D eigenvalue weighted by molar-refractivity contribution is 0.467. The molecule has 0 amide bonds. The van der Waals surface area contributed by atoms with E-state index in [2.05, 4.69) is 4.98 Å². The number of pyridine rings is 1. The van der Waals surface area contributed by atoms with Crippen LogP contribution in [0.25, 0.3) is 10.9 Å². The van der Waals surface area contributed by atoms with E-state index in [0.717, 1.165) is 5.39 Å². The van der Waals surface area contributed by atoms with E-state index < -0.39 is 0 Å². The number of hydrogen-bond donors (Lipinski definition) is 2. The Kier molecular flexibility index (Phi) is 1.59. The van der Waals surface area contributed by atoms with E-state index in [1.54, 1.807) is 31.2 Å². The summed E-state index contributed by atoms with van der Waals surface area (Å²) in [6.07, 6.45) is 0. The number of benzene rings is 1. The van der Waals surface area contributed by atoms with Crippen molar-refractivity contribution in [2.45, 2.75) is 6.92 Å². The van der Waals surface area contributed by atoms with Gasteiger partial charge < -0.3 is 10.2 Å². The fraction of sp³-hybridized carbons (Fsp3) is 0.100. The Morgan fingerprint density at radius 2 is 1.92 bits per heavy atom. The lowest BCUT2D eigenvalue weighted by Crippen LogP contribution is -1.84. The molecule has 0 saturated heterocycles. The minimum Gasteiger partial charge on any atom is -0.506 e. The van der Waals surface area contributed by atoms with Gasteiger partial charge in [0, 0.05) is 5.39 Å². The molecule has 3 nitrogen and oxygen atoms in total. The maximum atomic E-state index is 9.44. The lowest BCUT2D eigenvalue weighted by atomic mass is 10.2. The van der Waals surface area contributed by atoms with E-state index in [0.29, 0.717) is 11.2 Å². The number of phenols is 1. The molecule has 0 aliphatic carbocycles. The second-order valence-electron chi connectivity index (χ2n) is 2.94. The fourth-order valence-electron chi connectivity index (χ4n) is 1.26. The Balaban J connectivity index is 2.89. The number of fused-ring (bicyclic) bond motifs is 1. The van der Waals surface area contributed by atoms with Crippen LogP contribution in [0.2, 0.25) is 0 Å². The zero-order valence-electron chi connectivity index (χ0n) is 7.15. The first-order valence-electron chi connectivity index (χ1n) is 3.97. The predicted molar refractivity (Wildman–Crippen MR) is 49.8 cm³/mol. The summed E-state index contributed by atoms with van der Waals surface area (Å²) >= 11 is 0. The summed E-state index contributed by atoms with van der Waals surface area (Å²) in [5.74, 6) is 0.290. The van der Waals surface area contributed by atoms with Crippen LogP contribution in [0.15, 0.2) is 24.3 Å². The molecule has 0 radical (unpaired) electrons. The zero-order valence-corrected chi connectivity index (χ0v) is 7.15. The highest BCUT2D eigenvalue weighted by atomic mass is 16.3. The van der Waals surface area contributed by atoms with Crippen LogP contribution in [0.4, 0.5) is 0 Å². The molecule has 0 saturated carbocycles. The van der Waals surface area contributed by atoms with Gasteiger partial charge in [0.15, 0.2) is 0 Å². The van der Waals surface area contributed by atoms with Crippen molar-refractivity contribution < 1.29 is 10.2 Å². The number of rotatable bonds is 0. The quantitative estimate of drug-likeness (QED) is 0.643. The number of aryl methyl sites for hydroxylation is 1. The van der Waals surface area contributed by atoms with E-state index >= 15 is 0 Å². The molecule has 0 atom stereocenters. The van der Waals surface area contributed by atoms with Crippen molar-refractivity contribution in [1.82, 2.24) is 4.98 Å². The molecular weight excluding hydrogens is 166 g/mol. The van der Waals surface area contributed by atoms with E-state index in [9.17, 15) is 10.2 Å². The third kappa shape index (κ3) is 1.18. The average Bonchev–Trinajstić information content (AvgIpc) is 2.09. The van der Waals surface area contributed by atoms with Crippen molar-refractivity contribution in [2.24, 2.45) is 0 Å².